The number of hydrogen-bond acceptors (Lipinski definition) is 5. The standard InChI is InChI=1S/C16H18N2O3S/c19-7-6-18(10-15-17-5-8-22-15)16(20)13-9-12-3-1-2-4-14(12)21-11-13/h1-5,8,13,19H,6-7,9-11H2/t13-/m0/s1. The van der Waals surface area contributed by atoms with Gasteiger partial charge >= 0.3 is 0 Å². The predicted octanol–water partition coefficient (Wildman–Crippen LogP) is 1.72. The van der Waals surface area contributed by atoms with Gasteiger partial charge in [-0.15, -0.1) is 11.3 Å². The number of carbonyl (C=O) groups excluding carboxylic acids is 1. The minimum absolute atomic E-state index is 0.0127. The number of aliphatic hydroxyl groups is 1. The molecule has 5 nitrogen and oxygen atoms in total. The molecule has 1 aromatic heterocycles. The number of nitrogens with zero attached hydrogens (tertiary/aromatic N) is 2. The maximum atomic E-state index is 12.7. The van der Waals surface area contributed by atoms with E-state index < -0.39 is 0 Å². The van der Waals surface area contributed by atoms with Crippen LogP contribution in [0.1, 0.15) is 10.6 Å². The van der Waals surface area contributed by atoms with E-state index in [0.717, 1.165) is 16.3 Å². The van der Waals surface area contributed by atoms with Gasteiger partial charge in [0.1, 0.15) is 17.4 Å². The Morgan fingerprint density at radius 1 is 1.45 bits per heavy atom. The van der Waals surface area contributed by atoms with Crippen LogP contribution in [0, 0.1) is 5.92 Å². The fraction of sp³-hybridized carbons (Fsp3) is 0.375. The molecule has 1 aliphatic heterocycles. The Kier molecular flexibility index (Phi) is 4.70. The monoisotopic (exact) mass is 318 g/mol. The van der Waals surface area contributed by atoms with Gasteiger partial charge < -0.3 is 14.7 Å². The molecule has 0 aliphatic carbocycles. The third kappa shape index (κ3) is 3.28. The summed E-state index contributed by atoms with van der Waals surface area (Å²) in [7, 11) is 0. The summed E-state index contributed by atoms with van der Waals surface area (Å²) in [6, 6.07) is 7.81. The molecular formula is C16H18N2O3S. The van der Waals surface area contributed by atoms with Crippen molar-refractivity contribution in [2.45, 2.75) is 13.0 Å². The van der Waals surface area contributed by atoms with E-state index in [-0.39, 0.29) is 18.4 Å². The summed E-state index contributed by atoms with van der Waals surface area (Å²) in [4.78, 5) is 18.6. The summed E-state index contributed by atoms with van der Waals surface area (Å²) in [5.74, 6) is 0.667. The molecule has 1 atom stereocenters. The highest BCUT2D eigenvalue weighted by Crippen LogP contribution is 2.28. The molecular weight excluding hydrogens is 300 g/mol. The van der Waals surface area contributed by atoms with Crippen LogP contribution in [-0.4, -0.2) is 40.7 Å². The average Bonchev–Trinajstić information content (AvgIpc) is 3.06. The topological polar surface area (TPSA) is 62.7 Å². The van der Waals surface area contributed by atoms with Gasteiger partial charge in [0.25, 0.3) is 0 Å². The first-order valence-electron chi connectivity index (χ1n) is 7.26. The molecule has 6 heteroatoms. The first-order chi connectivity index (χ1) is 10.8. The van der Waals surface area contributed by atoms with Crippen LogP contribution in [0.3, 0.4) is 0 Å². The molecule has 1 aromatic carbocycles. The molecule has 116 valence electrons. The van der Waals surface area contributed by atoms with Gasteiger partial charge in [-0.2, -0.15) is 0 Å². The number of aliphatic hydroxyl groups excluding tert-OH is 1. The van der Waals surface area contributed by atoms with Crippen LogP contribution in [-0.2, 0) is 17.8 Å². The minimum atomic E-state index is -0.207. The van der Waals surface area contributed by atoms with E-state index in [4.69, 9.17) is 4.74 Å². The Hall–Kier alpha value is -1.92. The van der Waals surface area contributed by atoms with Gasteiger partial charge in [-0.3, -0.25) is 4.79 Å². The third-order valence-electron chi connectivity index (χ3n) is 3.72. The van der Waals surface area contributed by atoms with Crippen LogP contribution in [0.15, 0.2) is 35.8 Å². The van der Waals surface area contributed by atoms with E-state index in [2.05, 4.69) is 4.98 Å². The van der Waals surface area contributed by atoms with Crippen molar-refractivity contribution in [1.82, 2.24) is 9.88 Å². The van der Waals surface area contributed by atoms with Crippen molar-refractivity contribution in [2.75, 3.05) is 19.8 Å². The van der Waals surface area contributed by atoms with E-state index in [1.807, 2.05) is 29.6 Å². The number of aromatic nitrogens is 1. The molecule has 1 aliphatic rings. The number of para-hydroxylation sites is 1. The summed E-state index contributed by atoms with van der Waals surface area (Å²) in [6.07, 6.45) is 2.40. The molecule has 0 spiro atoms. The average molecular weight is 318 g/mol. The maximum absolute atomic E-state index is 12.7. The third-order valence-corrected chi connectivity index (χ3v) is 4.48. The van der Waals surface area contributed by atoms with Crippen LogP contribution in [0.2, 0.25) is 0 Å². The van der Waals surface area contributed by atoms with Crippen molar-refractivity contribution in [3.05, 3.63) is 46.4 Å². The summed E-state index contributed by atoms with van der Waals surface area (Å²) in [6.45, 7) is 1.09. The van der Waals surface area contributed by atoms with E-state index in [1.165, 1.54) is 11.3 Å². The number of thiazole rings is 1. The lowest BCUT2D eigenvalue weighted by molar-refractivity contribution is -0.138. The van der Waals surface area contributed by atoms with E-state index >= 15 is 0 Å². The molecule has 1 N–H and O–H groups in total. The second-order valence-electron chi connectivity index (χ2n) is 5.23. The summed E-state index contributed by atoms with van der Waals surface area (Å²) >= 11 is 1.51. The van der Waals surface area contributed by atoms with Crippen molar-refractivity contribution < 1.29 is 14.6 Å². The maximum Gasteiger partial charge on any atom is 0.229 e. The van der Waals surface area contributed by atoms with Gasteiger partial charge in [0.05, 0.1) is 19.1 Å². The van der Waals surface area contributed by atoms with Crippen LogP contribution in [0.5, 0.6) is 5.75 Å². The Morgan fingerprint density at radius 3 is 3.09 bits per heavy atom. The van der Waals surface area contributed by atoms with Crippen molar-refractivity contribution in [2.24, 2.45) is 5.92 Å². The molecule has 3 rings (SSSR count). The van der Waals surface area contributed by atoms with Gasteiger partial charge in [0.2, 0.25) is 5.91 Å². The molecule has 0 saturated heterocycles. The second-order valence-corrected chi connectivity index (χ2v) is 6.21. The molecule has 2 heterocycles. The first-order valence-corrected chi connectivity index (χ1v) is 8.14. The fourth-order valence-electron chi connectivity index (χ4n) is 2.63. The van der Waals surface area contributed by atoms with Crippen LogP contribution in [0.4, 0.5) is 0 Å². The van der Waals surface area contributed by atoms with Gasteiger partial charge in [-0.05, 0) is 18.1 Å². The Labute approximate surface area is 133 Å². The molecule has 0 saturated carbocycles. The fourth-order valence-corrected chi connectivity index (χ4v) is 3.26. The molecule has 22 heavy (non-hydrogen) atoms. The molecule has 0 bridgehead atoms. The number of ether oxygens (including phenoxy) is 1. The Bertz CT molecular complexity index is 630. The van der Waals surface area contributed by atoms with Crippen LogP contribution in [0.25, 0.3) is 0 Å². The Morgan fingerprint density at radius 2 is 2.32 bits per heavy atom. The highest BCUT2D eigenvalue weighted by Gasteiger charge is 2.29. The summed E-state index contributed by atoms with van der Waals surface area (Å²) < 4.78 is 5.70. The zero-order valence-electron chi connectivity index (χ0n) is 12.1. The molecule has 0 unspecified atom stereocenters. The molecule has 2 aromatic rings. The number of fused-ring (bicyclic) bond motifs is 1. The van der Waals surface area contributed by atoms with Crippen molar-refractivity contribution >= 4 is 17.2 Å². The number of carbonyl (C=O) groups is 1. The van der Waals surface area contributed by atoms with Crippen molar-refractivity contribution in [3.63, 3.8) is 0 Å². The number of rotatable bonds is 5. The quantitative estimate of drug-likeness (QED) is 0.912. The first kappa shape index (κ1) is 15.0. The number of amides is 1. The lowest BCUT2D eigenvalue weighted by atomic mass is 9.95. The molecule has 1 amide bonds. The predicted molar refractivity (Wildman–Crippen MR) is 83.7 cm³/mol. The lowest BCUT2D eigenvalue weighted by Gasteiger charge is -2.29. The van der Waals surface area contributed by atoms with Gasteiger partial charge in [-0.1, -0.05) is 18.2 Å². The summed E-state index contributed by atoms with van der Waals surface area (Å²) in [5, 5.41) is 12.0. The van der Waals surface area contributed by atoms with Gasteiger partial charge in [-0.25, -0.2) is 4.98 Å². The van der Waals surface area contributed by atoms with E-state index in [1.54, 1.807) is 11.1 Å². The summed E-state index contributed by atoms with van der Waals surface area (Å²) in [5.41, 5.74) is 1.06. The smallest absolute Gasteiger partial charge is 0.229 e. The number of benzene rings is 1. The lowest BCUT2D eigenvalue weighted by Crippen LogP contribution is -2.41. The zero-order valence-corrected chi connectivity index (χ0v) is 13.0. The van der Waals surface area contributed by atoms with Crippen molar-refractivity contribution in [3.8, 4) is 5.75 Å². The van der Waals surface area contributed by atoms with Crippen molar-refractivity contribution in [1.29, 1.82) is 0 Å². The zero-order chi connectivity index (χ0) is 15.4. The highest BCUT2D eigenvalue weighted by molar-refractivity contribution is 7.09. The molecule has 0 fully saturated rings. The Balaban J connectivity index is 1.71. The largest absolute Gasteiger partial charge is 0.492 e. The van der Waals surface area contributed by atoms with Crippen LogP contribution >= 0.6 is 11.3 Å². The second kappa shape index (κ2) is 6.89. The number of hydrogen-bond donors (Lipinski definition) is 1. The molecule has 0 radical (unpaired) electrons. The normalized spacial score (nSPS) is 16.7. The van der Waals surface area contributed by atoms with Gasteiger partial charge in [0, 0.05) is 18.1 Å². The highest BCUT2D eigenvalue weighted by atomic mass is 32.1. The minimum Gasteiger partial charge on any atom is -0.492 e. The van der Waals surface area contributed by atoms with E-state index in [0.29, 0.717) is 26.1 Å². The van der Waals surface area contributed by atoms with Gasteiger partial charge in [0.15, 0.2) is 0 Å². The van der Waals surface area contributed by atoms with E-state index in [9.17, 15) is 9.90 Å². The SMILES string of the molecule is O=C([C@@H]1COc2ccccc2C1)N(CCO)Cc1nccs1. The van der Waals surface area contributed by atoms with Crippen LogP contribution < -0.4 is 4.74 Å².